The van der Waals surface area contributed by atoms with Crippen LogP contribution in [0.5, 0.6) is 0 Å². The lowest BCUT2D eigenvalue weighted by atomic mass is 10.2. The van der Waals surface area contributed by atoms with Crippen LogP contribution in [0.25, 0.3) is 0 Å². The van der Waals surface area contributed by atoms with Crippen LogP contribution in [0.15, 0.2) is 36.4 Å². The van der Waals surface area contributed by atoms with E-state index in [1.807, 2.05) is 24.3 Å². The predicted octanol–water partition coefficient (Wildman–Crippen LogP) is 2.99. The summed E-state index contributed by atoms with van der Waals surface area (Å²) < 4.78 is 5.89. The Kier molecular flexibility index (Phi) is 7.23. The van der Waals surface area contributed by atoms with Gasteiger partial charge in [0.25, 0.3) is 5.91 Å². The number of carbonyl (C=O) groups is 2. The molecule has 0 unspecified atom stereocenters. The number of thiophene rings is 1. The summed E-state index contributed by atoms with van der Waals surface area (Å²) in [7, 11) is 0. The van der Waals surface area contributed by atoms with E-state index in [1.54, 1.807) is 12.1 Å². The van der Waals surface area contributed by atoms with Crippen molar-refractivity contribution in [1.29, 1.82) is 0 Å². The molecule has 0 aliphatic carbocycles. The van der Waals surface area contributed by atoms with Crippen LogP contribution in [0, 0.1) is 0 Å². The van der Waals surface area contributed by atoms with Crippen LogP contribution in [-0.4, -0.2) is 49.6 Å². The fraction of sp³-hybridized carbons (Fsp3) is 0.368. The number of nitrogens with zero attached hydrogens (tertiary/aromatic N) is 1. The summed E-state index contributed by atoms with van der Waals surface area (Å²) >= 11 is 7.10. The van der Waals surface area contributed by atoms with Crippen molar-refractivity contribution >= 4 is 40.4 Å². The van der Waals surface area contributed by atoms with E-state index in [4.69, 9.17) is 16.3 Å². The van der Waals surface area contributed by atoms with Crippen molar-refractivity contribution < 1.29 is 14.3 Å². The molecule has 0 spiro atoms. The van der Waals surface area contributed by atoms with E-state index < -0.39 is 0 Å². The van der Waals surface area contributed by atoms with E-state index in [0.29, 0.717) is 22.2 Å². The lowest BCUT2D eigenvalue weighted by Gasteiger charge is -2.26. The Labute approximate surface area is 167 Å². The summed E-state index contributed by atoms with van der Waals surface area (Å²) in [6.07, 6.45) is 0.445. The van der Waals surface area contributed by atoms with E-state index in [0.717, 1.165) is 44.1 Å². The highest BCUT2D eigenvalue weighted by atomic mass is 35.5. The molecular formula is C19H22ClN3O3S. The van der Waals surface area contributed by atoms with Gasteiger partial charge in [-0.3, -0.25) is 14.5 Å². The minimum absolute atomic E-state index is 0.0177. The number of hydrogen-bond donors (Lipinski definition) is 2. The normalized spacial score (nSPS) is 14.7. The van der Waals surface area contributed by atoms with Crippen molar-refractivity contribution in [2.75, 3.05) is 38.2 Å². The number of benzene rings is 1. The van der Waals surface area contributed by atoms with Gasteiger partial charge in [0, 0.05) is 38.3 Å². The molecule has 8 heteroatoms. The average molecular weight is 408 g/mol. The monoisotopic (exact) mass is 407 g/mol. The number of halogens is 1. The van der Waals surface area contributed by atoms with Crippen molar-refractivity contribution in [3.63, 3.8) is 0 Å². The van der Waals surface area contributed by atoms with Gasteiger partial charge in [-0.05, 0) is 29.8 Å². The second-order valence-corrected chi connectivity index (χ2v) is 7.95. The molecule has 2 N–H and O–H groups in total. The molecule has 0 atom stereocenters. The van der Waals surface area contributed by atoms with Crippen molar-refractivity contribution in [3.8, 4) is 0 Å². The zero-order chi connectivity index (χ0) is 19.1. The number of morpholine rings is 1. The zero-order valence-electron chi connectivity index (χ0n) is 14.9. The molecule has 6 nitrogen and oxygen atoms in total. The SMILES string of the molecule is O=C(CCN1CCOCC1)Nc1cccc(CNC(=O)c2ccc(Cl)s2)c1. The zero-order valence-corrected chi connectivity index (χ0v) is 16.4. The van der Waals surface area contributed by atoms with Crippen LogP contribution >= 0.6 is 22.9 Å². The molecular weight excluding hydrogens is 386 g/mol. The van der Waals surface area contributed by atoms with Crippen LogP contribution in [0.3, 0.4) is 0 Å². The molecule has 0 radical (unpaired) electrons. The van der Waals surface area contributed by atoms with Gasteiger partial charge >= 0.3 is 0 Å². The summed E-state index contributed by atoms with van der Waals surface area (Å²) in [4.78, 5) is 27.1. The summed E-state index contributed by atoms with van der Waals surface area (Å²) in [6, 6.07) is 10.9. The van der Waals surface area contributed by atoms with Crippen LogP contribution in [0.4, 0.5) is 5.69 Å². The third-order valence-electron chi connectivity index (χ3n) is 4.22. The Hall–Kier alpha value is -1.93. The number of ether oxygens (including phenoxy) is 1. The van der Waals surface area contributed by atoms with Gasteiger partial charge in [0.1, 0.15) is 0 Å². The van der Waals surface area contributed by atoms with Gasteiger partial charge < -0.3 is 15.4 Å². The highest BCUT2D eigenvalue weighted by Gasteiger charge is 2.12. The van der Waals surface area contributed by atoms with Gasteiger partial charge in [0.15, 0.2) is 0 Å². The van der Waals surface area contributed by atoms with Crippen LogP contribution < -0.4 is 10.6 Å². The van der Waals surface area contributed by atoms with Crippen LogP contribution in [0.2, 0.25) is 4.34 Å². The Morgan fingerprint density at radius 1 is 1.19 bits per heavy atom. The van der Waals surface area contributed by atoms with Gasteiger partial charge in [0.05, 0.1) is 22.4 Å². The van der Waals surface area contributed by atoms with E-state index in [1.165, 1.54) is 11.3 Å². The van der Waals surface area contributed by atoms with Gasteiger partial charge in [-0.25, -0.2) is 0 Å². The van der Waals surface area contributed by atoms with E-state index >= 15 is 0 Å². The Bertz CT molecular complexity index is 790. The number of amides is 2. The van der Waals surface area contributed by atoms with Crippen LogP contribution in [-0.2, 0) is 16.1 Å². The Balaban J connectivity index is 1.46. The van der Waals surface area contributed by atoms with E-state index in [-0.39, 0.29) is 11.8 Å². The lowest BCUT2D eigenvalue weighted by molar-refractivity contribution is -0.116. The molecule has 1 saturated heterocycles. The van der Waals surface area contributed by atoms with Gasteiger partial charge in [-0.1, -0.05) is 23.7 Å². The summed E-state index contributed by atoms with van der Waals surface area (Å²) in [5, 5.41) is 5.78. The molecule has 3 rings (SSSR count). The van der Waals surface area contributed by atoms with Crippen LogP contribution in [0.1, 0.15) is 21.7 Å². The molecule has 0 bridgehead atoms. The number of nitrogens with one attached hydrogen (secondary N) is 2. The standard InChI is InChI=1S/C19H22ClN3O3S/c20-17-5-4-16(27-17)19(25)21-13-14-2-1-3-15(12-14)22-18(24)6-7-23-8-10-26-11-9-23/h1-5,12H,6-11,13H2,(H,21,25)(H,22,24). The maximum atomic E-state index is 12.2. The molecule has 2 heterocycles. The van der Waals surface area contributed by atoms with Crippen molar-refractivity contribution in [2.45, 2.75) is 13.0 Å². The Morgan fingerprint density at radius 3 is 2.74 bits per heavy atom. The van der Waals surface area contributed by atoms with Crippen molar-refractivity contribution in [2.24, 2.45) is 0 Å². The molecule has 1 aliphatic rings. The summed E-state index contributed by atoms with van der Waals surface area (Å²) in [5.74, 6) is -0.178. The minimum Gasteiger partial charge on any atom is -0.379 e. The number of rotatable bonds is 7. The molecule has 1 fully saturated rings. The molecule has 1 aromatic carbocycles. The van der Waals surface area contributed by atoms with Crippen molar-refractivity contribution in [1.82, 2.24) is 10.2 Å². The Morgan fingerprint density at radius 2 is 2.00 bits per heavy atom. The lowest BCUT2D eigenvalue weighted by Crippen LogP contribution is -2.38. The fourth-order valence-electron chi connectivity index (χ4n) is 2.77. The summed E-state index contributed by atoms with van der Waals surface area (Å²) in [6.45, 7) is 4.32. The molecule has 27 heavy (non-hydrogen) atoms. The quantitative estimate of drug-likeness (QED) is 0.740. The number of anilines is 1. The number of hydrogen-bond acceptors (Lipinski definition) is 5. The minimum atomic E-state index is -0.160. The second kappa shape index (κ2) is 9.85. The molecule has 144 valence electrons. The highest BCUT2D eigenvalue weighted by molar-refractivity contribution is 7.17. The maximum absolute atomic E-state index is 12.2. The second-order valence-electron chi connectivity index (χ2n) is 6.24. The molecule has 0 saturated carbocycles. The average Bonchev–Trinajstić information content (AvgIpc) is 3.12. The third kappa shape index (κ3) is 6.32. The first-order chi connectivity index (χ1) is 13.1. The largest absolute Gasteiger partial charge is 0.379 e. The molecule has 1 aromatic heterocycles. The van der Waals surface area contributed by atoms with Gasteiger partial charge in [0.2, 0.25) is 5.91 Å². The summed E-state index contributed by atoms with van der Waals surface area (Å²) in [5.41, 5.74) is 1.64. The topological polar surface area (TPSA) is 70.7 Å². The predicted molar refractivity (Wildman–Crippen MR) is 107 cm³/mol. The van der Waals surface area contributed by atoms with E-state index in [2.05, 4.69) is 15.5 Å². The first kappa shape index (κ1) is 19.8. The number of carbonyl (C=O) groups excluding carboxylic acids is 2. The van der Waals surface area contributed by atoms with Gasteiger partial charge in [-0.2, -0.15) is 0 Å². The van der Waals surface area contributed by atoms with Gasteiger partial charge in [-0.15, -0.1) is 11.3 Å². The molecule has 2 amide bonds. The fourth-order valence-corrected chi connectivity index (χ4v) is 3.73. The third-order valence-corrected chi connectivity index (χ3v) is 5.45. The molecule has 2 aromatic rings. The van der Waals surface area contributed by atoms with E-state index in [9.17, 15) is 9.59 Å². The first-order valence-electron chi connectivity index (χ1n) is 8.82. The van der Waals surface area contributed by atoms with Crippen molar-refractivity contribution in [3.05, 3.63) is 51.2 Å². The maximum Gasteiger partial charge on any atom is 0.261 e. The smallest absolute Gasteiger partial charge is 0.261 e. The molecule has 1 aliphatic heterocycles. The first-order valence-corrected chi connectivity index (χ1v) is 10.0. The highest BCUT2D eigenvalue weighted by Crippen LogP contribution is 2.21.